The van der Waals surface area contributed by atoms with E-state index in [1.807, 2.05) is 0 Å². The van der Waals surface area contributed by atoms with Crippen LogP contribution in [0.2, 0.25) is 0 Å². The van der Waals surface area contributed by atoms with Crippen molar-refractivity contribution in [1.29, 1.82) is 0 Å². The van der Waals surface area contributed by atoms with Crippen molar-refractivity contribution >= 4 is 51.4 Å². The van der Waals surface area contributed by atoms with E-state index in [-0.39, 0.29) is 0 Å². The molecule has 0 amide bonds. The van der Waals surface area contributed by atoms with Gasteiger partial charge in [0, 0.05) is 0 Å². The second kappa shape index (κ2) is 20.4. The third-order valence-corrected chi connectivity index (χ3v) is 15.6. The highest BCUT2D eigenvalue weighted by Crippen LogP contribution is 2.58. The van der Waals surface area contributed by atoms with Crippen molar-refractivity contribution in [3.8, 4) is 0 Å². The van der Waals surface area contributed by atoms with E-state index in [2.05, 4.69) is 91.0 Å². The zero-order valence-corrected chi connectivity index (χ0v) is 36.2. The topological polar surface area (TPSA) is 9.23 Å². The van der Waals surface area contributed by atoms with Gasteiger partial charge in [-0.3, -0.25) is 0 Å². The minimum absolute atomic E-state index is 0.345. The fourth-order valence-electron chi connectivity index (χ4n) is 8.81. The Labute approximate surface area is 388 Å². The standard InChI is InChI=1S/C24BF20.C24H26OP/c26-5-1(6(27)14(35)21(42)13(5)34)25(2-7(28)15(36)22(43)16(37)8(2)29,3-9(30)17(38)23(44)18(39)10(3)31)4-11(32)19(40)24(45)20(41)12(4)33;1-5-13-21(14-6-1)25-26(22-15-7-2-8-16-22,23-17-9-3-10-18-23)24-19-11-4-12-20-24/h;2-4,7-12,15-21H,1,5-6,13-14H2/q-1;+1. The average Bonchev–Trinajstić information content (AvgIpc) is 3.39. The number of rotatable bonds is 9. The summed E-state index contributed by atoms with van der Waals surface area (Å²) in [6.45, 7) is 0. The van der Waals surface area contributed by atoms with E-state index in [0.717, 1.165) is 0 Å². The maximum atomic E-state index is 15.4. The molecule has 7 aromatic rings. The lowest BCUT2D eigenvalue weighted by Crippen LogP contribution is -2.81. The first-order valence-corrected chi connectivity index (χ1v) is 22.3. The minimum Gasteiger partial charge on any atom is -0.218 e. The van der Waals surface area contributed by atoms with Crippen LogP contribution in [-0.2, 0) is 4.52 Å². The molecule has 0 aromatic heterocycles. The Morgan fingerprint density at radius 1 is 0.282 bits per heavy atom. The smallest absolute Gasteiger partial charge is 0.218 e. The number of hydrogen-bond acceptors (Lipinski definition) is 1. The third kappa shape index (κ3) is 8.49. The molecular formula is C48H26BF20OP. The molecule has 0 N–H and O–H groups in total. The van der Waals surface area contributed by atoms with Gasteiger partial charge in [-0.2, -0.15) is 0 Å². The molecular weight excluding hydrogens is 1010 g/mol. The van der Waals surface area contributed by atoms with Gasteiger partial charge >= 0.3 is 0 Å². The van der Waals surface area contributed by atoms with Crippen LogP contribution in [0.25, 0.3) is 0 Å². The highest BCUT2D eigenvalue weighted by atomic mass is 31.2. The van der Waals surface area contributed by atoms with Crippen LogP contribution in [0.3, 0.4) is 0 Å². The molecule has 8 rings (SSSR count). The first-order chi connectivity index (χ1) is 33.6. The Morgan fingerprint density at radius 2 is 0.479 bits per heavy atom. The minimum atomic E-state index is -7.22. The van der Waals surface area contributed by atoms with Crippen LogP contribution in [0.15, 0.2) is 91.0 Å². The molecule has 1 nitrogen and oxygen atoms in total. The van der Waals surface area contributed by atoms with E-state index in [0.29, 0.717) is 6.10 Å². The predicted molar refractivity (Wildman–Crippen MR) is 222 cm³/mol. The summed E-state index contributed by atoms with van der Waals surface area (Å²) in [7, 11) is -2.12. The second-order valence-corrected chi connectivity index (χ2v) is 18.8. The summed E-state index contributed by atoms with van der Waals surface area (Å²) in [5.41, 5.74) is -14.3. The molecule has 372 valence electrons. The second-order valence-electron chi connectivity index (χ2n) is 15.8. The van der Waals surface area contributed by atoms with Crippen LogP contribution >= 0.6 is 7.49 Å². The van der Waals surface area contributed by atoms with Crippen molar-refractivity contribution in [3.63, 3.8) is 0 Å². The molecule has 0 bridgehead atoms. The summed E-state index contributed by atoms with van der Waals surface area (Å²) < 4.78 is 301. The fraction of sp³-hybridized carbons (Fsp3) is 0.125. The zero-order valence-electron chi connectivity index (χ0n) is 35.3. The molecule has 0 unspecified atom stereocenters. The van der Waals surface area contributed by atoms with Gasteiger partial charge in [-0.15, -0.1) is 21.9 Å². The Morgan fingerprint density at radius 3 is 0.690 bits per heavy atom. The summed E-state index contributed by atoms with van der Waals surface area (Å²) in [6.07, 6.45) is -0.620. The normalized spacial score (nSPS) is 13.4. The van der Waals surface area contributed by atoms with E-state index in [4.69, 9.17) is 4.52 Å². The molecule has 71 heavy (non-hydrogen) atoms. The quantitative estimate of drug-likeness (QED) is 0.0460. The molecule has 0 radical (unpaired) electrons. The Bertz CT molecular complexity index is 2680. The molecule has 0 saturated heterocycles. The number of hydrogen-bond donors (Lipinski definition) is 0. The highest BCUT2D eigenvalue weighted by molar-refractivity contribution is 7.91. The van der Waals surface area contributed by atoms with Gasteiger partial charge in [0.2, 0.25) is 7.49 Å². The average molecular weight is 1040 g/mol. The molecule has 1 aliphatic rings. The summed E-state index contributed by atoms with van der Waals surface area (Å²) in [5.74, 6) is -71.4. The first-order valence-electron chi connectivity index (χ1n) is 20.6. The highest BCUT2D eigenvalue weighted by Gasteiger charge is 2.53. The first kappa shape index (κ1) is 52.4. The van der Waals surface area contributed by atoms with Crippen molar-refractivity contribution in [1.82, 2.24) is 0 Å². The Kier molecular flexibility index (Phi) is 15.0. The van der Waals surface area contributed by atoms with Gasteiger partial charge in [0.05, 0.1) is 0 Å². The van der Waals surface area contributed by atoms with E-state index in [9.17, 15) is 52.7 Å². The van der Waals surface area contributed by atoms with Crippen molar-refractivity contribution in [2.24, 2.45) is 0 Å². The van der Waals surface area contributed by atoms with Crippen molar-refractivity contribution in [3.05, 3.63) is 207 Å². The Balaban J connectivity index is 0.000000240. The molecule has 23 heteroatoms. The van der Waals surface area contributed by atoms with Crippen molar-refractivity contribution in [2.75, 3.05) is 0 Å². The summed E-state index contributed by atoms with van der Waals surface area (Å²) in [4.78, 5) is 0. The van der Waals surface area contributed by atoms with E-state index < -0.39 is 152 Å². The van der Waals surface area contributed by atoms with E-state index >= 15 is 35.1 Å². The van der Waals surface area contributed by atoms with Gasteiger partial charge < -0.3 is 0 Å². The summed E-state index contributed by atoms with van der Waals surface area (Å²) >= 11 is 0. The van der Waals surface area contributed by atoms with Crippen molar-refractivity contribution < 1.29 is 92.3 Å². The van der Waals surface area contributed by atoms with Gasteiger partial charge in [0.25, 0.3) is 0 Å². The third-order valence-electron chi connectivity index (χ3n) is 11.9. The lowest BCUT2D eigenvalue weighted by molar-refractivity contribution is 0.174. The van der Waals surface area contributed by atoms with Crippen LogP contribution in [0.4, 0.5) is 87.8 Å². The molecule has 0 aliphatic heterocycles. The van der Waals surface area contributed by atoms with Crippen molar-refractivity contribution in [2.45, 2.75) is 38.2 Å². The lowest BCUT2D eigenvalue weighted by atomic mass is 9.12. The number of benzene rings is 7. The van der Waals surface area contributed by atoms with Crippen LogP contribution < -0.4 is 37.8 Å². The largest absolute Gasteiger partial charge is 0.242 e. The number of halogens is 20. The molecule has 1 saturated carbocycles. The van der Waals surface area contributed by atoms with E-state index in [1.165, 1.54) is 48.0 Å². The maximum Gasteiger partial charge on any atom is 0.242 e. The van der Waals surface area contributed by atoms with Crippen LogP contribution in [0.1, 0.15) is 32.1 Å². The molecule has 0 heterocycles. The summed E-state index contributed by atoms with van der Waals surface area (Å²) in [6, 6.07) is 32.6. The summed E-state index contributed by atoms with van der Waals surface area (Å²) in [5, 5.41) is 3.92. The SMILES string of the molecule is Fc1c(F)c(F)c([B-](c2c(F)c(F)c(F)c(F)c2F)(c2c(F)c(F)c(F)c(F)c2F)c2c(F)c(F)c(F)c(F)c2F)c(F)c1F.c1ccc([P+](OC2CCCCC2)(c2ccccc2)c2ccccc2)cc1. The molecule has 1 aliphatic carbocycles. The predicted octanol–water partition coefficient (Wildman–Crippen LogP) is 11.1. The molecule has 7 aromatic carbocycles. The monoisotopic (exact) mass is 1040 g/mol. The van der Waals surface area contributed by atoms with E-state index in [1.54, 1.807) is 0 Å². The van der Waals surface area contributed by atoms with Gasteiger partial charge in [-0.25, -0.2) is 92.3 Å². The molecule has 0 spiro atoms. The lowest BCUT2D eigenvalue weighted by Gasteiger charge is -2.44. The molecule has 1 fully saturated rings. The zero-order chi connectivity index (χ0) is 52.0. The Hall–Kier alpha value is -6.41. The van der Waals surface area contributed by atoms with Crippen LogP contribution in [0.5, 0.6) is 0 Å². The van der Waals surface area contributed by atoms with Gasteiger partial charge in [0.1, 0.15) is 74.7 Å². The van der Waals surface area contributed by atoms with Crippen LogP contribution in [-0.4, -0.2) is 12.2 Å². The fourth-order valence-corrected chi connectivity index (χ4v) is 12.5. The van der Waals surface area contributed by atoms with Gasteiger partial charge in [-0.1, -0.05) is 73.9 Å². The van der Waals surface area contributed by atoms with Gasteiger partial charge in [-0.05, 0) is 49.2 Å². The maximum absolute atomic E-state index is 15.4. The van der Waals surface area contributed by atoms with Gasteiger partial charge in [0.15, 0.2) is 69.8 Å². The van der Waals surface area contributed by atoms with Crippen LogP contribution in [0, 0.1) is 116 Å². The molecule has 0 atom stereocenters.